The van der Waals surface area contributed by atoms with Gasteiger partial charge in [0.2, 0.25) is 0 Å². The molecule has 22 heavy (non-hydrogen) atoms. The van der Waals surface area contributed by atoms with E-state index in [1.165, 1.54) is 0 Å². The number of amides is 1. The minimum absolute atomic E-state index is 0.162. The molecule has 1 N–H and O–H groups in total. The lowest BCUT2D eigenvalue weighted by molar-refractivity contribution is -0.127. The van der Waals surface area contributed by atoms with Crippen LogP contribution in [0.4, 0.5) is 0 Å². The van der Waals surface area contributed by atoms with E-state index in [1.807, 2.05) is 48.5 Å². The standard InChI is InChI=1S/C17H18INO3/c1-12(22-15-8-5-7-14(18)10-15)17(20)19-11-13-6-3-4-9-16(13)21-2/h3-10,12H,11H2,1-2H3,(H,19,20). The van der Waals surface area contributed by atoms with E-state index in [1.54, 1.807) is 14.0 Å². The summed E-state index contributed by atoms with van der Waals surface area (Å²) in [6.07, 6.45) is -0.562. The van der Waals surface area contributed by atoms with Crippen LogP contribution in [0.1, 0.15) is 12.5 Å². The molecule has 0 aliphatic carbocycles. The van der Waals surface area contributed by atoms with Crippen molar-refractivity contribution in [2.45, 2.75) is 19.6 Å². The fraction of sp³-hybridized carbons (Fsp3) is 0.235. The van der Waals surface area contributed by atoms with Crippen molar-refractivity contribution in [1.82, 2.24) is 5.32 Å². The van der Waals surface area contributed by atoms with Crippen LogP contribution >= 0.6 is 22.6 Å². The number of para-hydroxylation sites is 1. The average Bonchev–Trinajstić information content (AvgIpc) is 2.52. The van der Waals surface area contributed by atoms with Gasteiger partial charge < -0.3 is 14.8 Å². The summed E-state index contributed by atoms with van der Waals surface area (Å²) >= 11 is 2.21. The quantitative estimate of drug-likeness (QED) is 0.742. The molecule has 0 saturated carbocycles. The molecule has 1 unspecified atom stereocenters. The van der Waals surface area contributed by atoms with E-state index < -0.39 is 6.10 Å². The normalized spacial score (nSPS) is 11.6. The van der Waals surface area contributed by atoms with Crippen LogP contribution in [-0.4, -0.2) is 19.1 Å². The van der Waals surface area contributed by atoms with Gasteiger partial charge in [0.25, 0.3) is 5.91 Å². The first-order valence-corrected chi connectivity index (χ1v) is 8.00. The highest BCUT2D eigenvalue weighted by molar-refractivity contribution is 14.1. The van der Waals surface area contributed by atoms with Gasteiger partial charge >= 0.3 is 0 Å². The van der Waals surface area contributed by atoms with E-state index in [2.05, 4.69) is 27.9 Å². The molecule has 0 bridgehead atoms. The summed E-state index contributed by atoms with van der Waals surface area (Å²) in [6.45, 7) is 2.14. The Morgan fingerprint density at radius 3 is 2.73 bits per heavy atom. The molecule has 0 heterocycles. The Morgan fingerprint density at radius 1 is 1.23 bits per heavy atom. The third-order valence-corrected chi connectivity index (χ3v) is 3.79. The number of methoxy groups -OCH3 is 1. The second-order valence-electron chi connectivity index (χ2n) is 4.75. The summed E-state index contributed by atoms with van der Waals surface area (Å²) in [5.41, 5.74) is 0.930. The fourth-order valence-electron chi connectivity index (χ4n) is 1.97. The van der Waals surface area contributed by atoms with Gasteiger partial charge in [0.15, 0.2) is 6.10 Å². The van der Waals surface area contributed by atoms with Crippen molar-refractivity contribution in [1.29, 1.82) is 0 Å². The van der Waals surface area contributed by atoms with Crippen LogP contribution in [0.3, 0.4) is 0 Å². The predicted molar refractivity (Wildman–Crippen MR) is 94.1 cm³/mol. The minimum atomic E-state index is -0.562. The molecule has 1 amide bonds. The molecule has 5 heteroatoms. The highest BCUT2D eigenvalue weighted by atomic mass is 127. The Hall–Kier alpha value is -1.76. The van der Waals surface area contributed by atoms with E-state index >= 15 is 0 Å². The number of carbonyl (C=O) groups is 1. The van der Waals surface area contributed by atoms with Gasteiger partial charge in [0, 0.05) is 15.7 Å². The maximum atomic E-state index is 12.1. The van der Waals surface area contributed by atoms with Gasteiger partial charge in [-0.25, -0.2) is 0 Å². The van der Waals surface area contributed by atoms with E-state index in [9.17, 15) is 4.79 Å². The Balaban J connectivity index is 1.91. The monoisotopic (exact) mass is 411 g/mol. The fourth-order valence-corrected chi connectivity index (χ4v) is 2.49. The molecule has 2 aromatic rings. The molecule has 0 aliphatic heterocycles. The molecule has 4 nitrogen and oxygen atoms in total. The highest BCUT2D eigenvalue weighted by Crippen LogP contribution is 2.18. The van der Waals surface area contributed by atoms with Crippen molar-refractivity contribution in [3.8, 4) is 11.5 Å². The van der Waals surface area contributed by atoms with Crippen molar-refractivity contribution in [3.63, 3.8) is 0 Å². The van der Waals surface area contributed by atoms with Gasteiger partial charge in [-0.2, -0.15) is 0 Å². The lowest BCUT2D eigenvalue weighted by Crippen LogP contribution is -2.36. The molecule has 2 rings (SSSR count). The molecule has 0 spiro atoms. The van der Waals surface area contributed by atoms with Gasteiger partial charge in [-0.15, -0.1) is 0 Å². The SMILES string of the molecule is COc1ccccc1CNC(=O)C(C)Oc1cccc(I)c1. The summed E-state index contributed by atoms with van der Waals surface area (Å²) in [6, 6.07) is 15.2. The summed E-state index contributed by atoms with van der Waals surface area (Å²) in [5, 5.41) is 2.86. The van der Waals surface area contributed by atoms with Gasteiger partial charge in [-0.3, -0.25) is 4.79 Å². The first kappa shape index (κ1) is 16.6. The van der Waals surface area contributed by atoms with Crippen LogP contribution in [0.15, 0.2) is 48.5 Å². The maximum Gasteiger partial charge on any atom is 0.261 e. The van der Waals surface area contributed by atoms with Crippen molar-refractivity contribution in [2.75, 3.05) is 7.11 Å². The second-order valence-corrected chi connectivity index (χ2v) is 5.99. The maximum absolute atomic E-state index is 12.1. The largest absolute Gasteiger partial charge is 0.496 e. The summed E-state index contributed by atoms with van der Waals surface area (Å²) in [7, 11) is 1.61. The lowest BCUT2D eigenvalue weighted by atomic mass is 10.2. The zero-order valence-electron chi connectivity index (χ0n) is 12.5. The summed E-state index contributed by atoms with van der Waals surface area (Å²) in [4.78, 5) is 12.1. The molecule has 2 aromatic carbocycles. The van der Waals surface area contributed by atoms with Crippen LogP contribution in [0.2, 0.25) is 0 Å². The zero-order chi connectivity index (χ0) is 15.9. The molecule has 0 aliphatic rings. The third kappa shape index (κ3) is 4.62. The Kier molecular flexibility index (Phi) is 6.06. The van der Waals surface area contributed by atoms with Crippen LogP contribution in [-0.2, 0) is 11.3 Å². The molecule has 1 atom stereocenters. The van der Waals surface area contributed by atoms with Crippen LogP contribution in [0, 0.1) is 3.57 Å². The number of carbonyl (C=O) groups excluding carboxylic acids is 1. The van der Waals surface area contributed by atoms with Gasteiger partial charge in [0.1, 0.15) is 11.5 Å². The highest BCUT2D eigenvalue weighted by Gasteiger charge is 2.15. The molecular formula is C17H18INO3. The lowest BCUT2D eigenvalue weighted by Gasteiger charge is -2.15. The number of halogens is 1. The smallest absolute Gasteiger partial charge is 0.261 e. The van der Waals surface area contributed by atoms with Gasteiger partial charge in [0.05, 0.1) is 7.11 Å². The van der Waals surface area contributed by atoms with Crippen LogP contribution < -0.4 is 14.8 Å². The van der Waals surface area contributed by atoms with E-state index in [0.717, 1.165) is 14.9 Å². The van der Waals surface area contributed by atoms with Crippen molar-refractivity contribution < 1.29 is 14.3 Å². The van der Waals surface area contributed by atoms with Crippen molar-refractivity contribution >= 4 is 28.5 Å². The summed E-state index contributed by atoms with van der Waals surface area (Å²) in [5.74, 6) is 1.28. The molecule has 0 aromatic heterocycles. The van der Waals surface area contributed by atoms with Crippen molar-refractivity contribution in [2.24, 2.45) is 0 Å². The topological polar surface area (TPSA) is 47.6 Å². The van der Waals surface area contributed by atoms with E-state index in [-0.39, 0.29) is 5.91 Å². The first-order valence-electron chi connectivity index (χ1n) is 6.92. The van der Waals surface area contributed by atoms with Crippen molar-refractivity contribution in [3.05, 3.63) is 57.7 Å². The minimum Gasteiger partial charge on any atom is -0.496 e. The van der Waals surface area contributed by atoms with Gasteiger partial charge in [-0.1, -0.05) is 24.3 Å². The number of hydrogen-bond acceptors (Lipinski definition) is 3. The van der Waals surface area contributed by atoms with E-state index in [4.69, 9.17) is 9.47 Å². The Labute approximate surface area is 144 Å². The average molecular weight is 411 g/mol. The third-order valence-electron chi connectivity index (χ3n) is 3.12. The summed E-state index contributed by atoms with van der Waals surface area (Å²) < 4.78 is 12.0. The van der Waals surface area contributed by atoms with Gasteiger partial charge in [-0.05, 0) is 53.8 Å². The number of hydrogen-bond donors (Lipinski definition) is 1. The molecular weight excluding hydrogens is 393 g/mol. The Morgan fingerprint density at radius 2 is 2.00 bits per heavy atom. The predicted octanol–water partition coefficient (Wildman–Crippen LogP) is 3.38. The number of ether oxygens (including phenoxy) is 2. The molecule has 116 valence electrons. The first-order chi connectivity index (χ1) is 10.6. The Bertz CT molecular complexity index is 645. The number of benzene rings is 2. The van der Waals surface area contributed by atoms with Crippen LogP contribution in [0.5, 0.6) is 11.5 Å². The molecule has 0 fully saturated rings. The zero-order valence-corrected chi connectivity index (χ0v) is 14.7. The number of nitrogens with one attached hydrogen (secondary N) is 1. The van der Waals surface area contributed by atoms with E-state index in [0.29, 0.717) is 12.3 Å². The second kappa shape index (κ2) is 8.03. The molecule has 0 saturated heterocycles. The molecule has 0 radical (unpaired) electrons. The number of rotatable bonds is 6. The van der Waals surface area contributed by atoms with Crippen LogP contribution in [0.25, 0.3) is 0 Å².